The molecule has 0 bridgehead atoms. The summed E-state index contributed by atoms with van der Waals surface area (Å²) >= 11 is 0. The second-order valence-corrected chi connectivity index (χ2v) is 8.07. The summed E-state index contributed by atoms with van der Waals surface area (Å²) in [6.45, 7) is 14.4. The molecule has 2 fully saturated rings. The molecule has 3 atom stereocenters. The summed E-state index contributed by atoms with van der Waals surface area (Å²) in [5.41, 5.74) is 0.469. The molecule has 0 aliphatic heterocycles. The predicted octanol–water partition coefficient (Wildman–Crippen LogP) is 4.05. The van der Waals surface area contributed by atoms with E-state index in [0.717, 1.165) is 24.0 Å². The van der Waals surface area contributed by atoms with E-state index in [-0.39, 0.29) is 0 Å². The predicted molar refractivity (Wildman–Crippen MR) is 88.1 cm³/mol. The summed E-state index contributed by atoms with van der Waals surface area (Å²) in [7, 11) is 0. The number of nitrogens with zero attached hydrogens (tertiary/aromatic N) is 1. The highest BCUT2D eigenvalue weighted by Gasteiger charge is 2.42. The van der Waals surface area contributed by atoms with Crippen LogP contribution in [0.2, 0.25) is 0 Å². The summed E-state index contributed by atoms with van der Waals surface area (Å²) in [5.74, 6) is 0.889. The van der Waals surface area contributed by atoms with Gasteiger partial charge in [-0.05, 0) is 62.9 Å². The molecule has 0 saturated heterocycles. The van der Waals surface area contributed by atoms with Crippen molar-refractivity contribution >= 4 is 0 Å². The molecule has 2 nitrogen and oxygen atoms in total. The highest BCUT2D eigenvalue weighted by atomic mass is 15.2. The number of likely N-dealkylation sites (N-methyl/N-ethyl adjacent to an activating group) is 1. The van der Waals surface area contributed by atoms with Gasteiger partial charge in [-0.3, -0.25) is 4.90 Å². The van der Waals surface area contributed by atoms with Gasteiger partial charge in [0.25, 0.3) is 0 Å². The Hall–Kier alpha value is -0.0800. The molecule has 0 heterocycles. The minimum absolute atomic E-state index is 0.469. The molecule has 0 spiro atoms. The zero-order chi connectivity index (χ0) is 14.8. The Labute approximate surface area is 126 Å². The Kier molecular flexibility index (Phi) is 5.53. The van der Waals surface area contributed by atoms with Gasteiger partial charge in [-0.2, -0.15) is 0 Å². The van der Waals surface area contributed by atoms with Crippen molar-refractivity contribution in [2.45, 2.75) is 91.3 Å². The topological polar surface area (TPSA) is 15.3 Å². The monoisotopic (exact) mass is 280 g/mol. The van der Waals surface area contributed by atoms with Crippen molar-refractivity contribution in [3.8, 4) is 0 Å². The summed E-state index contributed by atoms with van der Waals surface area (Å²) in [5, 5.41) is 3.85. The van der Waals surface area contributed by atoms with E-state index in [1.807, 2.05) is 0 Å². The van der Waals surface area contributed by atoms with Crippen molar-refractivity contribution in [3.63, 3.8) is 0 Å². The van der Waals surface area contributed by atoms with Crippen LogP contribution >= 0.6 is 0 Å². The maximum absolute atomic E-state index is 3.85. The molecular formula is C18H36N2. The van der Waals surface area contributed by atoms with Crippen molar-refractivity contribution in [1.29, 1.82) is 0 Å². The van der Waals surface area contributed by atoms with Gasteiger partial charge in [-0.25, -0.2) is 0 Å². The lowest BCUT2D eigenvalue weighted by Crippen LogP contribution is -2.55. The van der Waals surface area contributed by atoms with Crippen LogP contribution in [0.25, 0.3) is 0 Å². The Morgan fingerprint density at radius 1 is 1.05 bits per heavy atom. The van der Waals surface area contributed by atoms with Crippen LogP contribution in [-0.2, 0) is 0 Å². The van der Waals surface area contributed by atoms with Crippen LogP contribution in [0, 0.1) is 11.3 Å². The SMILES string of the molecule is CCCNC1CCC(C(C)(C)C)CC1N(CC)C1CC1. The number of hydrogen-bond donors (Lipinski definition) is 1. The van der Waals surface area contributed by atoms with E-state index in [0.29, 0.717) is 5.41 Å². The standard InChI is InChI=1S/C18H36N2/c1-6-12-19-16-11-8-14(18(3,4)5)13-17(16)20(7-2)15-9-10-15/h14-17,19H,6-13H2,1-5H3. The Morgan fingerprint density at radius 2 is 1.75 bits per heavy atom. The van der Waals surface area contributed by atoms with Gasteiger partial charge in [0, 0.05) is 18.1 Å². The second kappa shape index (κ2) is 6.79. The van der Waals surface area contributed by atoms with Crippen LogP contribution in [0.3, 0.4) is 0 Å². The molecule has 1 N–H and O–H groups in total. The fourth-order valence-corrected chi connectivity index (χ4v) is 4.04. The average molecular weight is 281 g/mol. The zero-order valence-electron chi connectivity index (χ0n) is 14.4. The van der Waals surface area contributed by atoms with Gasteiger partial charge in [0.15, 0.2) is 0 Å². The molecule has 0 radical (unpaired) electrons. The van der Waals surface area contributed by atoms with Gasteiger partial charge in [0.1, 0.15) is 0 Å². The third-order valence-corrected chi connectivity index (χ3v) is 5.50. The Bertz CT molecular complexity index is 290. The van der Waals surface area contributed by atoms with Gasteiger partial charge >= 0.3 is 0 Å². The maximum Gasteiger partial charge on any atom is 0.0254 e. The quantitative estimate of drug-likeness (QED) is 0.789. The molecule has 0 aromatic carbocycles. The van der Waals surface area contributed by atoms with Crippen LogP contribution < -0.4 is 5.32 Å². The van der Waals surface area contributed by atoms with E-state index in [2.05, 4.69) is 44.8 Å². The summed E-state index contributed by atoms with van der Waals surface area (Å²) in [4.78, 5) is 2.82. The minimum Gasteiger partial charge on any atom is -0.312 e. The third-order valence-electron chi connectivity index (χ3n) is 5.50. The average Bonchev–Trinajstić information content (AvgIpc) is 3.21. The van der Waals surface area contributed by atoms with Gasteiger partial charge in [-0.15, -0.1) is 0 Å². The molecule has 2 aliphatic carbocycles. The van der Waals surface area contributed by atoms with Crippen molar-refractivity contribution in [2.75, 3.05) is 13.1 Å². The summed E-state index contributed by atoms with van der Waals surface area (Å²) in [6, 6.07) is 2.40. The van der Waals surface area contributed by atoms with E-state index >= 15 is 0 Å². The first-order chi connectivity index (χ1) is 9.47. The van der Waals surface area contributed by atoms with Gasteiger partial charge in [-0.1, -0.05) is 34.6 Å². The zero-order valence-corrected chi connectivity index (χ0v) is 14.4. The van der Waals surface area contributed by atoms with Crippen molar-refractivity contribution in [2.24, 2.45) is 11.3 Å². The van der Waals surface area contributed by atoms with Crippen LogP contribution in [-0.4, -0.2) is 36.1 Å². The van der Waals surface area contributed by atoms with E-state index < -0.39 is 0 Å². The van der Waals surface area contributed by atoms with E-state index in [1.54, 1.807) is 0 Å². The van der Waals surface area contributed by atoms with Crippen LogP contribution in [0.1, 0.15) is 73.1 Å². The molecule has 2 rings (SSSR count). The molecule has 0 aromatic heterocycles. The van der Waals surface area contributed by atoms with Crippen molar-refractivity contribution < 1.29 is 0 Å². The fourth-order valence-electron chi connectivity index (χ4n) is 4.04. The first-order valence-electron chi connectivity index (χ1n) is 8.96. The van der Waals surface area contributed by atoms with Gasteiger partial charge in [0.05, 0.1) is 0 Å². The first-order valence-corrected chi connectivity index (χ1v) is 8.96. The van der Waals surface area contributed by atoms with E-state index in [4.69, 9.17) is 0 Å². The smallest absolute Gasteiger partial charge is 0.0254 e. The van der Waals surface area contributed by atoms with Crippen LogP contribution in [0.5, 0.6) is 0 Å². The first kappa shape index (κ1) is 16.3. The van der Waals surface area contributed by atoms with Crippen LogP contribution in [0.4, 0.5) is 0 Å². The lowest BCUT2D eigenvalue weighted by molar-refractivity contribution is 0.0563. The van der Waals surface area contributed by atoms with Gasteiger partial charge < -0.3 is 5.32 Å². The van der Waals surface area contributed by atoms with Crippen molar-refractivity contribution in [1.82, 2.24) is 10.2 Å². The number of rotatable bonds is 6. The molecule has 3 unspecified atom stereocenters. The molecular weight excluding hydrogens is 244 g/mol. The molecule has 2 saturated carbocycles. The molecule has 20 heavy (non-hydrogen) atoms. The second-order valence-electron chi connectivity index (χ2n) is 8.07. The highest BCUT2D eigenvalue weighted by Crippen LogP contribution is 2.41. The normalized spacial score (nSPS) is 31.8. The lowest BCUT2D eigenvalue weighted by Gasteiger charge is -2.46. The lowest BCUT2D eigenvalue weighted by atomic mass is 9.69. The Morgan fingerprint density at radius 3 is 2.25 bits per heavy atom. The third kappa shape index (κ3) is 3.98. The van der Waals surface area contributed by atoms with Crippen LogP contribution in [0.15, 0.2) is 0 Å². The van der Waals surface area contributed by atoms with E-state index in [1.165, 1.54) is 51.6 Å². The molecule has 2 aliphatic rings. The minimum atomic E-state index is 0.469. The summed E-state index contributed by atoms with van der Waals surface area (Å²) < 4.78 is 0. The maximum atomic E-state index is 3.85. The largest absolute Gasteiger partial charge is 0.312 e. The van der Waals surface area contributed by atoms with E-state index in [9.17, 15) is 0 Å². The highest BCUT2D eigenvalue weighted by molar-refractivity contribution is 4.98. The number of nitrogens with one attached hydrogen (secondary N) is 1. The molecule has 0 aromatic rings. The summed E-state index contributed by atoms with van der Waals surface area (Å²) in [6.07, 6.45) is 8.30. The molecule has 118 valence electrons. The van der Waals surface area contributed by atoms with Crippen molar-refractivity contribution in [3.05, 3.63) is 0 Å². The Balaban J connectivity index is 2.05. The number of hydrogen-bond acceptors (Lipinski definition) is 2. The molecule has 2 heteroatoms. The van der Waals surface area contributed by atoms with Gasteiger partial charge in [0.2, 0.25) is 0 Å². The molecule has 0 amide bonds. The fraction of sp³-hybridized carbons (Fsp3) is 1.00.